The number of rotatable bonds is 7. The van der Waals surface area contributed by atoms with E-state index in [9.17, 15) is 4.79 Å². The molecule has 0 radical (unpaired) electrons. The lowest BCUT2D eigenvalue weighted by molar-refractivity contribution is -0.140. The van der Waals surface area contributed by atoms with Crippen LogP contribution in [0.15, 0.2) is 52.6 Å². The molecule has 0 spiro atoms. The Kier molecular flexibility index (Phi) is 7.15. The maximum atomic E-state index is 11.9. The van der Waals surface area contributed by atoms with Gasteiger partial charge in [0.2, 0.25) is 0 Å². The molecule has 2 aromatic carbocycles. The van der Waals surface area contributed by atoms with E-state index in [-0.39, 0.29) is 12.4 Å². The number of nitrogens with zero attached hydrogens (tertiary/aromatic N) is 4. The number of carbonyl (C=O) groups excluding carboxylic acids is 1. The first kappa shape index (κ1) is 22.8. The van der Waals surface area contributed by atoms with Crippen LogP contribution in [0, 0.1) is 0 Å². The number of hydrogen-bond acceptors (Lipinski definition) is 7. The van der Waals surface area contributed by atoms with Crippen molar-refractivity contribution in [2.24, 2.45) is 10.7 Å². The normalized spacial score (nSPS) is 14.9. The van der Waals surface area contributed by atoms with Crippen molar-refractivity contribution in [3.05, 3.63) is 69.5 Å². The molecule has 1 aliphatic rings. The lowest BCUT2D eigenvalue weighted by Crippen LogP contribution is -2.09. The van der Waals surface area contributed by atoms with Crippen molar-refractivity contribution in [3.63, 3.8) is 0 Å². The van der Waals surface area contributed by atoms with Crippen LogP contribution >= 0.6 is 35.0 Å². The van der Waals surface area contributed by atoms with E-state index in [0.29, 0.717) is 45.5 Å². The molecular weight excluding hydrogens is 469 g/mol. The molecule has 10 heteroatoms. The molecule has 0 unspecified atom stereocenters. The number of carbonyl (C=O) groups is 1. The third-order valence-electron chi connectivity index (χ3n) is 5.02. The fraction of sp³-hybridized carbons (Fsp3) is 0.273. The number of thioether (sulfide) groups is 1. The van der Waals surface area contributed by atoms with Crippen LogP contribution in [0.25, 0.3) is 5.69 Å². The molecule has 0 fully saturated rings. The van der Waals surface area contributed by atoms with E-state index in [2.05, 4.69) is 10.2 Å². The quantitative estimate of drug-likeness (QED) is 0.388. The lowest BCUT2D eigenvalue weighted by Gasteiger charge is -2.14. The smallest absolute Gasteiger partial charge is 0.305 e. The second-order valence-electron chi connectivity index (χ2n) is 7.06. The van der Waals surface area contributed by atoms with Gasteiger partial charge in [0.25, 0.3) is 0 Å². The number of aromatic nitrogens is 3. The number of fused-ring (bicyclic) bond motifs is 3. The minimum atomic E-state index is -0.439. The topological polar surface area (TPSA) is 95.4 Å². The van der Waals surface area contributed by atoms with E-state index in [0.717, 1.165) is 16.8 Å². The van der Waals surface area contributed by atoms with Crippen LogP contribution in [0.2, 0.25) is 10.0 Å². The molecule has 1 aliphatic heterocycles. The van der Waals surface area contributed by atoms with Gasteiger partial charge >= 0.3 is 5.97 Å². The van der Waals surface area contributed by atoms with Crippen molar-refractivity contribution in [1.82, 2.24) is 14.8 Å². The van der Waals surface area contributed by atoms with Gasteiger partial charge in [-0.05, 0) is 30.7 Å². The van der Waals surface area contributed by atoms with Crippen molar-refractivity contribution in [2.75, 3.05) is 19.4 Å². The molecule has 0 saturated carbocycles. The number of aliphatic imine (C=N–C) groups is 1. The van der Waals surface area contributed by atoms with Crippen LogP contribution in [0.1, 0.15) is 35.8 Å². The predicted octanol–water partition coefficient (Wildman–Crippen LogP) is 4.47. The second kappa shape index (κ2) is 10.0. The maximum absolute atomic E-state index is 11.9. The van der Waals surface area contributed by atoms with Crippen LogP contribution in [0.3, 0.4) is 0 Å². The minimum absolute atomic E-state index is 0.190. The maximum Gasteiger partial charge on any atom is 0.305 e. The molecular formula is C22H21Cl2N5O2S. The summed E-state index contributed by atoms with van der Waals surface area (Å²) in [6.45, 7) is 0.507. The minimum Gasteiger partial charge on any atom is -0.469 e. The zero-order valence-corrected chi connectivity index (χ0v) is 19.6. The van der Waals surface area contributed by atoms with Gasteiger partial charge in [0.1, 0.15) is 6.04 Å². The highest BCUT2D eigenvalue weighted by Crippen LogP contribution is 2.37. The van der Waals surface area contributed by atoms with Crippen molar-refractivity contribution in [1.29, 1.82) is 0 Å². The van der Waals surface area contributed by atoms with Crippen molar-refractivity contribution < 1.29 is 9.53 Å². The van der Waals surface area contributed by atoms with E-state index in [1.165, 1.54) is 18.9 Å². The van der Waals surface area contributed by atoms with Gasteiger partial charge in [0, 0.05) is 39.9 Å². The number of nitrogens with two attached hydrogens (primary N) is 1. The molecule has 1 aromatic heterocycles. The largest absolute Gasteiger partial charge is 0.469 e. The van der Waals surface area contributed by atoms with Crippen molar-refractivity contribution in [3.8, 4) is 5.69 Å². The Hall–Kier alpha value is -2.39. The third-order valence-corrected chi connectivity index (χ3v) is 6.55. The first-order chi connectivity index (χ1) is 15.5. The molecule has 3 aromatic rings. The molecule has 1 atom stereocenters. The van der Waals surface area contributed by atoms with Gasteiger partial charge in [-0.2, -0.15) is 0 Å². The number of benzene rings is 2. The molecule has 7 nitrogen and oxygen atoms in total. The Morgan fingerprint density at radius 2 is 2.00 bits per heavy atom. The predicted molar refractivity (Wildman–Crippen MR) is 127 cm³/mol. The Morgan fingerprint density at radius 1 is 1.19 bits per heavy atom. The fourth-order valence-corrected chi connectivity index (χ4v) is 4.68. The van der Waals surface area contributed by atoms with Crippen molar-refractivity contribution >= 4 is 46.6 Å². The van der Waals surface area contributed by atoms with Crippen molar-refractivity contribution in [2.45, 2.75) is 24.0 Å². The van der Waals surface area contributed by atoms with Gasteiger partial charge in [-0.1, -0.05) is 53.2 Å². The first-order valence-electron chi connectivity index (χ1n) is 10.0. The molecule has 2 heterocycles. The standard InChI is InChI=1S/C22H21Cl2N5O2S/c1-31-19(30)9-7-17-21-27-28-22(32-11-10-25)29(21)18-8-6-13(23)12-15(18)20(26-17)14-4-2-3-5-16(14)24/h2-6,8,12,17H,7,9-11,25H2,1H3/t17-/m0/s1. The zero-order chi connectivity index (χ0) is 22.7. The fourth-order valence-electron chi connectivity index (χ4n) is 3.56. The van der Waals surface area contributed by atoms with E-state index >= 15 is 0 Å². The molecule has 2 N–H and O–H groups in total. The molecule has 32 heavy (non-hydrogen) atoms. The Balaban J connectivity index is 1.94. The summed E-state index contributed by atoms with van der Waals surface area (Å²) in [5, 5.41) is 10.7. The second-order valence-corrected chi connectivity index (χ2v) is 8.97. The van der Waals surface area contributed by atoms with E-state index in [4.69, 9.17) is 38.7 Å². The van der Waals surface area contributed by atoms with Crippen LogP contribution in [-0.2, 0) is 9.53 Å². The number of ether oxygens (including phenoxy) is 1. The van der Waals surface area contributed by atoms with Crippen LogP contribution in [0.4, 0.5) is 0 Å². The lowest BCUT2D eigenvalue weighted by atomic mass is 10.00. The van der Waals surface area contributed by atoms with E-state index < -0.39 is 6.04 Å². The Bertz CT molecular complexity index is 1180. The number of halogens is 2. The molecule has 0 amide bonds. The van der Waals surface area contributed by atoms with Crippen LogP contribution in [-0.4, -0.2) is 45.9 Å². The third kappa shape index (κ3) is 4.54. The summed E-state index contributed by atoms with van der Waals surface area (Å²) in [5.41, 5.74) is 8.83. The van der Waals surface area contributed by atoms with Gasteiger partial charge in [0.05, 0.1) is 18.5 Å². The van der Waals surface area contributed by atoms with Crippen LogP contribution < -0.4 is 5.73 Å². The summed E-state index contributed by atoms with van der Waals surface area (Å²) in [6.07, 6.45) is 0.595. The average molecular weight is 490 g/mol. The summed E-state index contributed by atoms with van der Waals surface area (Å²) in [6, 6.07) is 12.7. The highest BCUT2D eigenvalue weighted by atomic mass is 35.5. The Morgan fingerprint density at radius 3 is 2.75 bits per heavy atom. The SMILES string of the molecule is COC(=O)CC[C@@H]1N=C(c2ccccc2Cl)c2cc(Cl)ccc2-n2c(SCCN)nnc21. The molecule has 166 valence electrons. The molecule has 0 saturated heterocycles. The van der Waals surface area contributed by atoms with Gasteiger partial charge in [-0.3, -0.25) is 14.4 Å². The monoisotopic (exact) mass is 489 g/mol. The molecule has 0 bridgehead atoms. The number of esters is 1. The highest BCUT2D eigenvalue weighted by Gasteiger charge is 2.30. The first-order valence-corrected chi connectivity index (χ1v) is 11.8. The summed E-state index contributed by atoms with van der Waals surface area (Å²) in [7, 11) is 1.37. The molecule has 4 rings (SSSR count). The summed E-state index contributed by atoms with van der Waals surface area (Å²) < 4.78 is 6.81. The van der Waals surface area contributed by atoms with Gasteiger partial charge < -0.3 is 10.5 Å². The summed E-state index contributed by atoms with van der Waals surface area (Å²) >= 11 is 14.5. The average Bonchev–Trinajstić information content (AvgIpc) is 3.16. The highest BCUT2D eigenvalue weighted by molar-refractivity contribution is 7.99. The Labute approximate surface area is 200 Å². The molecule has 0 aliphatic carbocycles. The summed E-state index contributed by atoms with van der Waals surface area (Å²) in [5.74, 6) is 1.01. The van der Waals surface area contributed by atoms with E-state index in [1.807, 2.05) is 47.0 Å². The zero-order valence-electron chi connectivity index (χ0n) is 17.3. The van der Waals surface area contributed by atoms with E-state index in [1.54, 1.807) is 0 Å². The van der Waals surface area contributed by atoms with Gasteiger partial charge in [-0.25, -0.2) is 0 Å². The number of hydrogen-bond donors (Lipinski definition) is 1. The van der Waals surface area contributed by atoms with Gasteiger partial charge in [-0.15, -0.1) is 10.2 Å². The van der Waals surface area contributed by atoms with Gasteiger partial charge in [0.15, 0.2) is 11.0 Å². The van der Waals surface area contributed by atoms with Crippen LogP contribution in [0.5, 0.6) is 0 Å². The summed E-state index contributed by atoms with van der Waals surface area (Å²) in [4.78, 5) is 16.9. The number of methoxy groups -OCH3 is 1.